The second kappa shape index (κ2) is 17.3. The van der Waals surface area contributed by atoms with Gasteiger partial charge >= 0.3 is 23.9 Å². The Hall–Kier alpha value is -2.29. The molecule has 0 spiro atoms. The quantitative estimate of drug-likeness (QED) is 0.152. The molecule has 13 nitrogen and oxygen atoms in total. The van der Waals surface area contributed by atoms with Crippen LogP contribution >= 0.6 is 0 Å². The molecule has 5 atom stereocenters. The van der Waals surface area contributed by atoms with Crippen LogP contribution in [0.4, 0.5) is 0 Å². The van der Waals surface area contributed by atoms with Gasteiger partial charge < -0.3 is 28.4 Å². The summed E-state index contributed by atoms with van der Waals surface area (Å²) in [5, 5.41) is 0. The van der Waals surface area contributed by atoms with Crippen LogP contribution in [-0.2, 0) is 57.6 Å². The van der Waals surface area contributed by atoms with Crippen LogP contribution in [0, 0.1) is 0 Å². The van der Waals surface area contributed by atoms with Crippen molar-refractivity contribution in [1.29, 1.82) is 0 Å². The molecule has 0 aromatic rings. The minimum atomic E-state index is -4.38. The topological polar surface area (TPSA) is 170 Å². The highest BCUT2D eigenvalue weighted by Crippen LogP contribution is 2.31. The van der Waals surface area contributed by atoms with E-state index in [2.05, 4.69) is 11.6 Å². The van der Waals surface area contributed by atoms with Crippen molar-refractivity contribution < 1.29 is 56.0 Å². The molecule has 38 heavy (non-hydrogen) atoms. The van der Waals surface area contributed by atoms with Gasteiger partial charge in [0.1, 0.15) is 12.7 Å². The van der Waals surface area contributed by atoms with Crippen molar-refractivity contribution in [2.75, 3.05) is 26.4 Å². The number of esters is 4. The van der Waals surface area contributed by atoms with Crippen LogP contribution in [0.15, 0.2) is 0 Å². The third-order valence-corrected chi connectivity index (χ3v) is 7.04. The number of hydrogen-bond donors (Lipinski definition) is 1. The first kappa shape index (κ1) is 33.7. The van der Waals surface area contributed by atoms with Crippen LogP contribution in [0.1, 0.15) is 73.1 Å². The number of carbonyl (C=O) groups is 4. The Bertz CT molecular complexity index is 878. The summed E-state index contributed by atoms with van der Waals surface area (Å²) in [7, 11) is -4.38. The summed E-state index contributed by atoms with van der Waals surface area (Å²) in [4.78, 5) is 46.9. The molecule has 0 amide bonds. The van der Waals surface area contributed by atoms with Crippen LogP contribution in [0.25, 0.3) is 0 Å². The summed E-state index contributed by atoms with van der Waals surface area (Å²) in [5.41, 5.74) is -1.89. The van der Waals surface area contributed by atoms with E-state index in [1.807, 2.05) is 0 Å². The predicted octanol–water partition coefficient (Wildman–Crippen LogP) is 1.37. The first-order valence-corrected chi connectivity index (χ1v) is 14.3. The van der Waals surface area contributed by atoms with Gasteiger partial charge in [-0.1, -0.05) is 39.0 Å². The van der Waals surface area contributed by atoms with Gasteiger partial charge in [0.2, 0.25) is 15.5 Å². The van der Waals surface area contributed by atoms with Gasteiger partial charge in [-0.05, 0) is 6.42 Å². The molecule has 0 aliphatic carbocycles. The first-order valence-electron chi connectivity index (χ1n) is 12.8. The molecule has 1 aliphatic heterocycles. The molecule has 0 bridgehead atoms. The lowest BCUT2D eigenvalue weighted by molar-refractivity contribution is -0.238. The number of sulfonamides is 1. The SMILES string of the molecule is CCCCCCCCOCCNS(=O)(=O)[C@@H]1O[C@H](COC(C)=O)[C@@H](OC(C)=O)[C@H](OC(C)=O)[C@H]1OC(C)=O. The Labute approximate surface area is 224 Å². The lowest BCUT2D eigenvalue weighted by Gasteiger charge is -2.43. The van der Waals surface area contributed by atoms with E-state index >= 15 is 0 Å². The van der Waals surface area contributed by atoms with E-state index in [0.29, 0.717) is 6.61 Å². The molecule has 0 aromatic heterocycles. The van der Waals surface area contributed by atoms with Gasteiger partial charge in [-0.15, -0.1) is 0 Å². The highest BCUT2D eigenvalue weighted by atomic mass is 32.2. The molecule has 0 aromatic carbocycles. The Kier molecular flexibility index (Phi) is 15.4. The Morgan fingerprint density at radius 2 is 1.29 bits per heavy atom. The summed E-state index contributed by atoms with van der Waals surface area (Å²) < 4.78 is 60.6. The second-order valence-electron chi connectivity index (χ2n) is 8.89. The number of nitrogens with one attached hydrogen (secondary N) is 1. The molecule has 1 heterocycles. The monoisotopic (exact) mass is 567 g/mol. The maximum atomic E-state index is 13.2. The average molecular weight is 568 g/mol. The zero-order valence-corrected chi connectivity index (χ0v) is 23.6. The van der Waals surface area contributed by atoms with Crippen molar-refractivity contribution in [1.82, 2.24) is 4.72 Å². The van der Waals surface area contributed by atoms with Crippen LogP contribution in [0.2, 0.25) is 0 Å². The van der Waals surface area contributed by atoms with Crippen LogP contribution in [-0.4, -0.2) is 88.5 Å². The minimum Gasteiger partial charge on any atom is -0.463 e. The number of carbonyl (C=O) groups excluding carboxylic acids is 4. The number of ether oxygens (including phenoxy) is 6. The zero-order valence-electron chi connectivity index (χ0n) is 22.8. The largest absolute Gasteiger partial charge is 0.463 e. The zero-order chi connectivity index (χ0) is 28.7. The highest BCUT2D eigenvalue weighted by molar-refractivity contribution is 7.90. The predicted molar refractivity (Wildman–Crippen MR) is 133 cm³/mol. The van der Waals surface area contributed by atoms with Gasteiger partial charge in [-0.2, -0.15) is 0 Å². The molecule has 1 rings (SSSR count). The molecule has 1 aliphatic rings. The normalized spacial score (nSPS) is 23.3. The summed E-state index contributed by atoms with van der Waals surface area (Å²) in [6.45, 7) is 6.35. The van der Waals surface area contributed by atoms with Crippen molar-refractivity contribution in [2.24, 2.45) is 0 Å². The first-order chi connectivity index (χ1) is 17.9. The molecule has 1 saturated heterocycles. The van der Waals surface area contributed by atoms with Gasteiger partial charge in [0.25, 0.3) is 0 Å². The molecule has 1 N–H and O–H groups in total. The third kappa shape index (κ3) is 12.5. The molecule has 220 valence electrons. The second-order valence-corrected chi connectivity index (χ2v) is 10.7. The van der Waals surface area contributed by atoms with Crippen molar-refractivity contribution in [3.8, 4) is 0 Å². The van der Waals surface area contributed by atoms with Gasteiger partial charge in [0.15, 0.2) is 18.3 Å². The molecule has 0 saturated carbocycles. The minimum absolute atomic E-state index is 0.0828. The van der Waals surface area contributed by atoms with Crippen molar-refractivity contribution in [3.63, 3.8) is 0 Å². The van der Waals surface area contributed by atoms with Gasteiger partial charge in [0, 0.05) is 40.8 Å². The van der Waals surface area contributed by atoms with Crippen LogP contribution < -0.4 is 4.72 Å². The summed E-state index contributed by atoms with van der Waals surface area (Å²) >= 11 is 0. The fourth-order valence-corrected chi connectivity index (χ4v) is 5.25. The maximum absolute atomic E-state index is 13.2. The highest BCUT2D eigenvalue weighted by Gasteiger charge is 2.56. The smallest absolute Gasteiger partial charge is 0.303 e. The number of unbranched alkanes of at least 4 members (excludes halogenated alkanes) is 5. The van der Waals surface area contributed by atoms with Crippen LogP contribution in [0.3, 0.4) is 0 Å². The molecule has 0 unspecified atom stereocenters. The number of rotatable bonds is 17. The van der Waals surface area contributed by atoms with Crippen LogP contribution in [0.5, 0.6) is 0 Å². The molecular weight excluding hydrogens is 526 g/mol. The Morgan fingerprint density at radius 3 is 1.87 bits per heavy atom. The average Bonchev–Trinajstić information content (AvgIpc) is 2.80. The summed E-state index contributed by atoms with van der Waals surface area (Å²) in [5.74, 6) is -3.27. The molecule has 1 fully saturated rings. The van der Waals surface area contributed by atoms with Gasteiger partial charge in [0.05, 0.1) is 6.61 Å². The van der Waals surface area contributed by atoms with Crippen molar-refractivity contribution in [3.05, 3.63) is 0 Å². The third-order valence-electron chi connectivity index (χ3n) is 5.45. The molecular formula is C24H41NO12S. The van der Waals surface area contributed by atoms with E-state index < -0.39 is 70.4 Å². The van der Waals surface area contributed by atoms with E-state index in [1.165, 1.54) is 12.8 Å². The van der Waals surface area contributed by atoms with E-state index in [4.69, 9.17) is 28.4 Å². The standard InChI is InChI=1S/C24H41NO12S/c1-6-7-8-9-10-11-13-32-14-12-25-38(30,31)24-23(36-19(5)29)22(35-18(4)28)21(34-17(3)27)20(37-24)15-33-16(2)26/h20-25H,6-15H2,1-5H3/t20-,21-,22+,23-,24+/m1/s1. The Morgan fingerprint density at radius 1 is 0.737 bits per heavy atom. The fraction of sp³-hybridized carbons (Fsp3) is 0.833. The van der Waals surface area contributed by atoms with E-state index in [-0.39, 0.29) is 13.2 Å². The van der Waals surface area contributed by atoms with E-state index in [0.717, 1.165) is 53.4 Å². The van der Waals surface area contributed by atoms with Gasteiger partial charge in [-0.25, -0.2) is 13.1 Å². The van der Waals surface area contributed by atoms with Crippen molar-refractivity contribution in [2.45, 2.75) is 103 Å². The maximum Gasteiger partial charge on any atom is 0.303 e. The van der Waals surface area contributed by atoms with Gasteiger partial charge in [-0.3, -0.25) is 19.2 Å². The summed E-state index contributed by atoms with van der Waals surface area (Å²) in [6.07, 6.45) is 0.469. The lowest BCUT2D eigenvalue weighted by Crippen LogP contribution is -2.65. The Balaban J connectivity index is 3.01. The van der Waals surface area contributed by atoms with E-state index in [1.54, 1.807) is 0 Å². The van der Waals surface area contributed by atoms with E-state index in [9.17, 15) is 27.6 Å². The molecule has 0 radical (unpaired) electrons. The molecule has 14 heteroatoms. The lowest BCUT2D eigenvalue weighted by atomic mass is 9.99. The summed E-state index contributed by atoms with van der Waals surface area (Å²) in [6, 6.07) is 0. The fourth-order valence-electron chi connectivity index (χ4n) is 3.86. The number of hydrogen-bond acceptors (Lipinski definition) is 12. The van der Waals surface area contributed by atoms with Crippen molar-refractivity contribution >= 4 is 33.9 Å².